The molecule has 2 N–H and O–H groups in total. The normalized spacial score (nSPS) is 11.1. The molecule has 0 aliphatic heterocycles. The number of rotatable bonds is 3. The average Bonchev–Trinajstić information content (AvgIpc) is 2.58. The molecule has 0 spiro atoms. The molecule has 0 saturated heterocycles. The van der Waals surface area contributed by atoms with Gasteiger partial charge in [-0.05, 0) is 39.2 Å². The van der Waals surface area contributed by atoms with Crippen LogP contribution in [-0.4, -0.2) is 33.5 Å². The third-order valence-electron chi connectivity index (χ3n) is 1.78. The van der Waals surface area contributed by atoms with Gasteiger partial charge in [0.15, 0.2) is 0 Å². The highest BCUT2D eigenvalue weighted by atomic mass is 32.1. The lowest BCUT2D eigenvalue weighted by molar-refractivity contribution is -0.121. The zero-order valence-corrected chi connectivity index (χ0v) is 11.1. The second-order valence-corrected chi connectivity index (χ2v) is 5.42. The number of aryl methyl sites for hydroxylation is 1. The van der Waals surface area contributed by atoms with Crippen LogP contribution in [0.4, 0.5) is 0 Å². The van der Waals surface area contributed by atoms with Gasteiger partial charge in [-0.2, -0.15) is 0 Å². The summed E-state index contributed by atoms with van der Waals surface area (Å²) < 4.78 is 3.66. The first-order valence-electron chi connectivity index (χ1n) is 5.18. The van der Waals surface area contributed by atoms with Crippen molar-refractivity contribution >= 4 is 23.3 Å². The predicted octanol–water partition coefficient (Wildman–Crippen LogP) is 0.491. The van der Waals surface area contributed by atoms with Crippen molar-refractivity contribution in [1.29, 1.82) is 0 Å². The number of nitrogens with one attached hydrogen (secondary N) is 2. The second-order valence-electron chi connectivity index (χ2n) is 4.67. The van der Waals surface area contributed by atoms with Crippen molar-refractivity contribution in [3.8, 4) is 0 Å². The highest BCUT2D eigenvalue weighted by molar-refractivity contribution is 7.08. The van der Waals surface area contributed by atoms with Crippen LogP contribution < -0.4 is 10.6 Å². The maximum Gasteiger partial charge on any atom is 0.265 e. The molecule has 0 radical (unpaired) electrons. The van der Waals surface area contributed by atoms with E-state index in [0.29, 0.717) is 10.6 Å². The Morgan fingerprint density at radius 1 is 1.35 bits per heavy atom. The van der Waals surface area contributed by atoms with Crippen LogP contribution in [0.3, 0.4) is 0 Å². The highest BCUT2D eigenvalue weighted by Crippen LogP contribution is 2.08. The first-order chi connectivity index (χ1) is 7.79. The predicted molar refractivity (Wildman–Crippen MR) is 64.9 cm³/mol. The van der Waals surface area contributed by atoms with E-state index in [4.69, 9.17) is 0 Å². The van der Waals surface area contributed by atoms with Gasteiger partial charge in [0.05, 0.1) is 12.2 Å². The largest absolute Gasteiger partial charge is 0.350 e. The molecule has 0 fully saturated rings. The summed E-state index contributed by atoms with van der Waals surface area (Å²) in [6, 6.07) is 0. The Hall–Kier alpha value is -1.50. The van der Waals surface area contributed by atoms with E-state index in [-0.39, 0.29) is 23.9 Å². The Kier molecular flexibility index (Phi) is 4.17. The molecule has 0 saturated carbocycles. The number of amides is 2. The molecule has 6 nitrogen and oxygen atoms in total. The molecule has 0 aliphatic carbocycles. The molecule has 94 valence electrons. The highest BCUT2D eigenvalue weighted by Gasteiger charge is 2.16. The minimum Gasteiger partial charge on any atom is -0.350 e. The summed E-state index contributed by atoms with van der Waals surface area (Å²) in [5.41, 5.74) is 0.271. The van der Waals surface area contributed by atoms with Crippen LogP contribution in [0.15, 0.2) is 0 Å². The van der Waals surface area contributed by atoms with Crippen molar-refractivity contribution in [3.63, 3.8) is 0 Å². The van der Waals surface area contributed by atoms with Gasteiger partial charge in [-0.15, -0.1) is 5.10 Å². The zero-order chi connectivity index (χ0) is 13.1. The number of carbonyl (C=O) groups is 2. The van der Waals surface area contributed by atoms with E-state index in [0.717, 1.165) is 11.5 Å². The summed E-state index contributed by atoms with van der Waals surface area (Å²) in [4.78, 5) is 23.5. The average molecular weight is 256 g/mol. The molecule has 17 heavy (non-hydrogen) atoms. The van der Waals surface area contributed by atoms with E-state index in [9.17, 15) is 9.59 Å². The lowest BCUT2D eigenvalue weighted by atomic mass is 10.1. The lowest BCUT2D eigenvalue weighted by Crippen LogP contribution is -2.45. The quantitative estimate of drug-likeness (QED) is 0.824. The van der Waals surface area contributed by atoms with E-state index in [1.807, 2.05) is 20.8 Å². The molecule has 0 aliphatic rings. The molecule has 7 heteroatoms. The lowest BCUT2D eigenvalue weighted by Gasteiger charge is -2.20. The number of hydrogen-bond acceptors (Lipinski definition) is 5. The van der Waals surface area contributed by atoms with Crippen molar-refractivity contribution in [2.75, 3.05) is 6.54 Å². The standard InChI is InChI=1S/C10H16N4O2S/c1-6-8(17-14-13-6)9(16)11-5-7(15)12-10(2,3)4/h5H2,1-4H3,(H,11,16)(H,12,15). The number of hydrogen-bond donors (Lipinski definition) is 2. The van der Waals surface area contributed by atoms with Crippen LogP contribution in [0.25, 0.3) is 0 Å². The van der Waals surface area contributed by atoms with Gasteiger partial charge < -0.3 is 10.6 Å². The Labute approximate surface area is 104 Å². The Morgan fingerprint density at radius 2 is 2.00 bits per heavy atom. The van der Waals surface area contributed by atoms with E-state index in [1.54, 1.807) is 6.92 Å². The summed E-state index contributed by atoms with van der Waals surface area (Å²) >= 11 is 1.02. The number of aromatic nitrogens is 2. The summed E-state index contributed by atoms with van der Waals surface area (Å²) in [6.45, 7) is 7.29. The van der Waals surface area contributed by atoms with Gasteiger partial charge in [-0.25, -0.2) is 0 Å². The minimum atomic E-state index is -0.318. The second kappa shape index (κ2) is 5.22. The molecular formula is C10H16N4O2S. The first-order valence-corrected chi connectivity index (χ1v) is 5.95. The van der Waals surface area contributed by atoms with Crippen LogP contribution >= 0.6 is 11.5 Å². The third-order valence-corrected chi connectivity index (χ3v) is 2.61. The SMILES string of the molecule is Cc1nnsc1C(=O)NCC(=O)NC(C)(C)C. The van der Waals surface area contributed by atoms with Gasteiger partial charge in [0.25, 0.3) is 5.91 Å². The van der Waals surface area contributed by atoms with Gasteiger partial charge >= 0.3 is 0 Å². The Morgan fingerprint density at radius 3 is 2.47 bits per heavy atom. The monoisotopic (exact) mass is 256 g/mol. The molecular weight excluding hydrogens is 240 g/mol. The van der Waals surface area contributed by atoms with Crippen LogP contribution in [-0.2, 0) is 4.79 Å². The van der Waals surface area contributed by atoms with Gasteiger partial charge in [-0.1, -0.05) is 4.49 Å². The fraction of sp³-hybridized carbons (Fsp3) is 0.600. The van der Waals surface area contributed by atoms with Crippen molar-refractivity contribution in [1.82, 2.24) is 20.2 Å². The Balaban J connectivity index is 2.45. The van der Waals surface area contributed by atoms with E-state index in [1.165, 1.54) is 0 Å². The topological polar surface area (TPSA) is 84.0 Å². The molecule has 0 atom stereocenters. The fourth-order valence-corrected chi connectivity index (χ4v) is 1.72. The van der Waals surface area contributed by atoms with Crippen LogP contribution in [0.5, 0.6) is 0 Å². The van der Waals surface area contributed by atoms with Gasteiger partial charge in [-0.3, -0.25) is 9.59 Å². The van der Waals surface area contributed by atoms with Crippen LogP contribution in [0.1, 0.15) is 36.1 Å². The summed E-state index contributed by atoms with van der Waals surface area (Å²) in [7, 11) is 0. The molecule has 1 heterocycles. The molecule has 0 aromatic carbocycles. The van der Waals surface area contributed by atoms with Gasteiger partial charge in [0, 0.05) is 5.54 Å². The molecule has 0 unspecified atom stereocenters. The number of nitrogens with zero attached hydrogens (tertiary/aromatic N) is 2. The minimum absolute atomic E-state index is 0.0482. The smallest absolute Gasteiger partial charge is 0.265 e. The maximum absolute atomic E-state index is 11.6. The first kappa shape index (κ1) is 13.6. The Bertz CT molecular complexity index is 422. The molecule has 2 amide bonds. The van der Waals surface area contributed by atoms with E-state index < -0.39 is 0 Å². The van der Waals surface area contributed by atoms with E-state index >= 15 is 0 Å². The van der Waals surface area contributed by atoms with Crippen molar-refractivity contribution < 1.29 is 9.59 Å². The molecule has 0 bridgehead atoms. The molecule has 1 rings (SSSR count). The summed E-state index contributed by atoms with van der Waals surface area (Å²) in [5.74, 6) is -0.539. The zero-order valence-electron chi connectivity index (χ0n) is 10.3. The molecule has 1 aromatic heterocycles. The number of carbonyl (C=O) groups excluding carboxylic acids is 2. The third kappa shape index (κ3) is 4.48. The van der Waals surface area contributed by atoms with Crippen molar-refractivity contribution in [2.45, 2.75) is 33.2 Å². The van der Waals surface area contributed by atoms with E-state index in [2.05, 4.69) is 20.2 Å². The fourth-order valence-electron chi connectivity index (χ4n) is 1.14. The van der Waals surface area contributed by atoms with Gasteiger partial charge in [0.2, 0.25) is 5.91 Å². The van der Waals surface area contributed by atoms with Crippen molar-refractivity contribution in [3.05, 3.63) is 10.6 Å². The van der Waals surface area contributed by atoms with Gasteiger partial charge in [0.1, 0.15) is 4.88 Å². The summed E-state index contributed by atoms with van der Waals surface area (Å²) in [5, 5.41) is 9.01. The maximum atomic E-state index is 11.6. The summed E-state index contributed by atoms with van der Waals surface area (Å²) in [6.07, 6.45) is 0. The van der Waals surface area contributed by atoms with Crippen LogP contribution in [0, 0.1) is 6.92 Å². The molecule has 1 aromatic rings. The van der Waals surface area contributed by atoms with Crippen LogP contribution in [0.2, 0.25) is 0 Å². The van der Waals surface area contributed by atoms with Crippen molar-refractivity contribution in [2.24, 2.45) is 0 Å².